The minimum Gasteiger partial charge on any atom is -0.497 e. The Balaban J connectivity index is 1.99. The number of hydrogen-bond acceptors (Lipinski definition) is 3. The van der Waals surface area contributed by atoms with Gasteiger partial charge in [-0.15, -0.1) is 0 Å². The van der Waals surface area contributed by atoms with Crippen LogP contribution in [-0.4, -0.2) is 22.9 Å². The second-order valence-electron chi connectivity index (χ2n) is 4.09. The van der Waals surface area contributed by atoms with Gasteiger partial charge in [-0.1, -0.05) is 12.1 Å². The Kier molecular flexibility index (Phi) is 4.12. The molecule has 0 bridgehead atoms. The third kappa shape index (κ3) is 3.20. The normalized spacial score (nSPS) is 10.3. The summed E-state index contributed by atoms with van der Waals surface area (Å²) in [4.78, 5) is 14.6. The fourth-order valence-electron chi connectivity index (χ4n) is 1.77. The molecule has 4 nitrogen and oxygen atoms in total. The van der Waals surface area contributed by atoms with E-state index in [0.717, 1.165) is 24.3 Å². The van der Waals surface area contributed by atoms with Crippen molar-refractivity contribution in [3.05, 3.63) is 48.0 Å². The van der Waals surface area contributed by atoms with Crippen LogP contribution in [0.1, 0.15) is 17.7 Å². The van der Waals surface area contributed by atoms with Gasteiger partial charge < -0.3 is 14.1 Å². The highest BCUT2D eigenvalue weighted by molar-refractivity contribution is 5.49. The van der Waals surface area contributed by atoms with Gasteiger partial charge in [0.1, 0.15) is 12.0 Å². The number of carbonyl (C=O) groups is 1. The monoisotopic (exact) mass is 244 g/mol. The van der Waals surface area contributed by atoms with Crippen molar-refractivity contribution in [2.24, 2.45) is 0 Å². The van der Waals surface area contributed by atoms with Crippen molar-refractivity contribution in [1.29, 1.82) is 0 Å². The van der Waals surface area contributed by atoms with Crippen molar-refractivity contribution in [3.8, 4) is 5.75 Å². The van der Waals surface area contributed by atoms with Gasteiger partial charge in [0.05, 0.1) is 19.1 Å². The molecule has 0 aliphatic heterocycles. The maximum Gasteiger partial charge on any atom is 0.120 e. The van der Waals surface area contributed by atoms with Crippen molar-refractivity contribution in [3.63, 3.8) is 0 Å². The van der Waals surface area contributed by atoms with Crippen molar-refractivity contribution in [1.82, 2.24) is 9.55 Å². The Labute approximate surface area is 106 Å². The fraction of sp³-hybridized carbons (Fsp3) is 0.286. The van der Waals surface area contributed by atoms with Crippen LogP contribution in [0.15, 0.2) is 36.8 Å². The van der Waals surface area contributed by atoms with E-state index in [4.69, 9.17) is 4.74 Å². The first-order chi connectivity index (χ1) is 8.81. The lowest BCUT2D eigenvalue weighted by atomic mass is 10.2. The molecule has 0 atom stereocenters. The van der Waals surface area contributed by atoms with Gasteiger partial charge in [0.15, 0.2) is 0 Å². The molecule has 0 spiro atoms. The summed E-state index contributed by atoms with van der Waals surface area (Å²) < 4.78 is 7.13. The molecule has 0 fully saturated rings. The molecule has 1 aromatic carbocycles. The van der Waals surface area contributed by atoms with Crippen molar-refractivity contribution in [2.45, 2.75) is 19.4 Å². The van der Waals surface area contributed by atoms with Gasteiger partial charge in [-0.25, -0.2) is 4.98 Å². The molecular weight excluding hydrogens is 228 g/mol. The van der Waals surface area contributed by atoms with Crippen LogP contribution in [0, 0.1) is 0 Å². The van der Waals surface area contributed by atoms with Crippen LogP contribution in [0.25, 0.3) is 0 Å². The molecule has 0 unspecified atom stereocenters. The largest absolute Gasteiger partial charge is 0.497 e. The highest BCUT2D eigenvalue weighted by atomic mass is 16.5. The number of methoxy groups -OCH3 is 1. The van der Waals surface area contributed by atoms with Gasteiger partial charge >= 0.3 is 0 Å². The van der Waals surface area contributed by atoms with E-state index >= 15 is 0 Å². The summed E-state index contributed by atoms with van der Waals surface area (Å²) in [5, 5.41) is 0. The molecule has 2 rings (SSSR count). The van der Waals surface area contributed by atoms with E-state index in [1.807, 2.05) is 35.0 Å². The first-order valence-electron chi connectivity index (χ1n) is 5.89. The average Bonchev–Trinajstić information content (AvgIpc) is 2.85. The number of nitrogens with zero attached hydrogens (tertiary/aromatic N) is 2. The predicted molar refractivity (Wildman–Crippen MR) is 68.7 cm³/mol. The molecule has 4 heteroatoms. The molecular formula is C14H16N2O2. The maximum absolute atomic E-state index is 10.3. The highest BCUT2D eigenvalue weighted by Crippen LogP contribution is 2.12. The van der Waals surface area contributed by atoms with Gasteiger partial charge in [-0.3, -0.25) is 0 Å². The average molecular weight is 244 g/mol. The Hall–Kier alpha value is -2.10. The van der Waals surface area contributed by atoms with Crippen molar-refractivity contribution in [2.75, 3.05) is 7.11 Å². The lowest BCUT2D eigenvalue weighted by Gasteiger charge is -2.04. The number of rotatable bonds is 6. The second kappa shape index (κ2) is 6.00. The molecule has 1 aromatic heterocycles. The van der Waals surface area contributed by atoms with E-state index in [2.05, 4.69) is 4.98 Å². The van der Waals surface area contributed by atoms with Gasteiger partial charge in [-0.05, 0) is 24.1 Å². The topological polar surface area (TPSA) is 44.1 Å². The van der Waals surface area contributed by atoms with Crippen LogP contribution in [0.2, 0.25) is 0 Å². The maximum atomic E-state index is 10.3. The van der Waals surface area contributed by atoms with Gasteiger partial charge in [0.2, 0.25) is 0 Å². The summed E-state index contributed by atoms with van der Waals surface area (Å²) in [6.45, 7) is 0.776. The molecule has 0 saturated carbocycles. The second-order valence-corrected chi connectivity index (χ2v) is 4.09. The standard InChI is InChI=1S/C14H16N2O2/c1-18-14-6-4-12(5-7-14)9-16-10-13(15-11-16)3-2-8-17/h4-8,10-11H,2-3,9H2,1H3. The highest BCUT2D eigenvalue weighted by Gasteiger charge is 2.00. The quantitative estimate of drug-likeness (QED) is 0.731. The minimum absolute atomic E-state index is 0.527. The summed E-state index contributed by atoms with van der Waals surface area (Å²) in [5.74, 6) is 0.857. The van der Waals surface area contributed by atoms with Crippen LogP contribution < -0.4 is 4.74 Å². The smallest absolute Gasteiger partial charge is 0.120 e. The zero-order valence-electron chi connectivity index (χ0n) is 10.4. The zero-order chi connectivity index (χ0) is 12.8. The van der Waals surface area contributed by atoms with Crippen LogP contribution in [0.3, 0.4) is 0 Å². The molecule has 2 aromatic rings. The van der Waals surface area contributed by atoms with Gasteiger partial charge in [0.25, 0.3) is 0 Å². The molecule has 1 heterocycles. The molecule has 94 valence electrons. The van der Waals surface area contributed by atoms with E-state index in [1.165, 1.54) is 5.56 Å². The number of benzene rings is 1. The molecule has 18 heavy (non-hydrogen) atoms. The number of aldehydes is 1. The lowest BCUT2D eigenvalue weighted by molar-refractivity contribution is -0.107. The van der Waals surface area contributed by atoms with Crippen LogP contribution in [0.4, 0.5) is 0 Å². The summed E-state index contributed by atoms with van der Waals surface area (Å²) >= 11 is 0. The fourth-order valence-corrected chi connectivity index (χ4v) is 1.77. The summed E-state index contributed by atoms with van der Waals surface area (Å²) in [5.41, 5.74) is 2.14. The third-order valence-corrected chi connectivity index (χ3v) is 2.73. The Morgan fingerprint density at radius 1 is 1.33 bits per heavy atom. The molecule has 0 aliphatic carbocycles. The summed E-state index contributed by atoms with van der Waals surface area (Å²) in [6.07, 6.45) is 5.93. The first kappa shape index (κ1) is 12.4. The van der Waals surface area contributed by atoms with E-state index in [-0.39, 0.29) is 0 Å². The molecule has 0 aliphatic rings. The van der Waals surface area contributed by atoms with E-state index in [0.29, 0.717) is 12.8 Å². The number of imidazole rings is 1. The van der Waals surface area contributed by atoms with Crippen molar-refractivity contribution >= 4 is 6.29 Å². The van der Waals surface area contributed by atoms with E-state index in [9.17, 15) is 4.79 Å². The summed E-state index contributed by atoms with van der Waals surface area (Å²) in [7, 11) is 1.66. The third-order valence-electron chi connectivity index (χ3n) is 2.73. The molecule has 0 amide bonds. The van der Waals surface area contributed by atoms with Crippen LogP contribution in [0.5, 0.6) is 5.75 Å². The molecule has 0 saturated heterocycles. The van der Waals surface area contributed by atoms with Crippen molar-refractivity contribution < 1.29 is 9.53 Å². The number of hydrogen-bond donors (Lipinski definition) is 0. The number of aryl methyl sites for hydroxylation is 1. The predicted octanol–water partition coefficient (Wildman–Crippen LogP) is 2.07. The Morgan fingerprint density at radius 3 is 2.78 bits per heavy atom. The Morgan fingerprint density at radius 2 is 2.11 bits per heavy atom. The number of aromatic nitrogens is 2. The van der Waals surface area contributed by atoms with E-state index in [1.54, 1.807) is 13.4 Å². The Bertz CT molecular complexity index is 503. The SMILES string of the molecule is COc1ccc(Cn2cnc(CCC=O)c2)cc1. The number of carbonyl (C=O) groups excluding carboxylic acids is 1. The van der Waals surface area contributed by atoms with Crippen LogP contribution >= 0.6 is 0 Å². The van der Waals surface area contributed by atoms with E-state index < -0.39 is 0 Å². The zero-order valence-corrected chi connectivity index (χ0v) is 10.4. The number of ether oxygens (including phenoxy) is 1. The minimum atomic E-state index is 0.527. The van der Waals surface area contributed by atoms with Gasteiger partial charge in [0, 0.05) is 19.2 Å². The lowest BCUT2D eigenvalue weighted by Crippen LogP contribution is -1.96. The van der Waals surface area contributed by atoms with Gasteiger partial charge in [-0.2, -0.15) is 0 Å². The molecule has 0 radical (unpaired) electrons. The summed E-state index contributed by atoms with van der Waals surface area (Å²) in [6, 6.07) is 7.95. The van der Waals surface area contributed by atoms with Crippen LogP contribution in [-0.2, 0) is 17.8 Å². The first-order valence-corrected chi connectivity index (χ1v) is 5.89. The molecule has 0 N–H and O–H groups in total.